The minimum atomic E-state index is -4.18. The fraction of sp³-hybridized carbons (Fsp3) is 0.222. The summed E-state index contributed by atoms with van der Waals surface area (Å²) in [4.78, 5) is 24.4. The number of methoxy groups -OCH3 is 1. The number of para-hydroxylation sites is 1. The van der Waals surface area contributed by atoms with Crippen LogP contribution in [-0.2, 0) is 16.7 Å². The van der Waals surface area contributed by atoms with Crippen molar-refractivity contribution in [3.8, 4) is 16.9 Å². The number of aryl methyl sites for hydroxylation is 3. The number of aromatic nitrogens is 1. The number of rotatable bonds is 8. The van der Waals surface area contributed by atoms with E-state index in [9.17, 15) is 32.8 Å². The van der Waals surface area contributed by atoms with Gasteiger partial charge >= 0.3 is 11.9 Å². The molecule has 1 aromatic heterocycles. The summed E-state index contributed by atoms with van der Waals surface area (Å²) in [6.07, 6.45) is 0.0989. The van der Waals surface area contributed by atoms with E-state index in [0.29, 0.717) is 49.8 Å². The van der Waals surface area contributed by atoms with Gasteiger partial charge in [-0.15, -0.1) is 0 Å². The van der Waals surface area contributed by atoms with Crippen LogP contribution in [0.5, 0.6) is 5.75 Å². The van der Waals surface area contributed by atoms with E-state index in [1.807, 2.05) is 4.57 Å². The molecule has 10 heteroatoms. The molecule has 0 aliphatic rings. The summed E-state index contributed by atoms with van der Waals surface area (Å²) in [5.74, 6) is -2.27. The van der Waals surface area contributed by atoms with Gasteiger partial charge in [0.2, 0.25) is 11.0 Å². The maximum atomic E-state index is 12.7. The molecule has 4 rings (SSSR count). The molecule has 0 saturated carbocycles. The highest BCUT2D eigenvalue weighted by atomic mass is 32.2. The van der Waals surface area contributed by atoms with Crippen molar-refractivity contribution >= 4 is 43.9 Å². The molecule has 37 heavy (non-hydrogen) atoms. The number of carboxylic acids is 2. The van der Waals surface area contributed by atoms with Gasteiger partial charge in [-0.25, -0.2) is 9.59 Å². The first kappa shape index (κ1) is 26.1. The normalized spacial score (nSPS) is 11.7. The fourth-order valence-corrected chi connectivity index (χ4v) is 5.50. The van der Waals surface area contributed by atoms with Gasteiger partial charge < -0.3 is 14.9 Å². The van der Waals surface area contributed by atoms with E-state index in [4.69, 9.17) is 4.74 Å². The first-order valence-electron chi connectivity index (χ1n) is 11.4. The number of hydrogen-bond acceptors (Lipinski definition) is 5. The average Bonchev–Trinajstić information content (AvgIpc) is 2.82. The molecule has 0 aliphatic carbocycles. The lowest BCUT2D eigenvalue weighted by Gasteiger charge is -2.19. The van der Waals surface area contributed by atoms with E-state index < -0.39 is 27.8 Å². The number of nitrogens with zero attached hydrogens (tertiary/aromatic N) is 1. The molecule has 0 radical (unpaired) electrons. The second kappa shape index (κ2) is 9.79. The highest BCUT2D eigenvalue weighted by Gasteiger charge is 2.29. The minimum Gasteiger partial charge on any atom is -0.496 e. The Bertz CT molecular complexity index is 1670. The van der Waals surface area contributed by atoms with Crippen LogP contribution in [-0.4, -0.2) is 48.0 Å². The van der Waals surface area contributed by atoms with Crippen LogP contribution >= 0.6 is 0 Å². The Balaban J connectivity index is 2.19. The highest BCUT2D eigenvalue weighted by Crippen LogP contribution is 2.43. The summed E-state index contributed by atoms with van der Waals surface area (Å²) >= 11 is 0. The Labute approximate surface area is 213 Å². The maximum Gasteiger partial charge on any atom is 0.337 e. The lowest BCUT2D eigenvalue weighted by molar-refractivity contribution is -0.645. The van der Waals surface area contributed by atoms with E-state index in [2.05, 4.69) is 0 Å². The Hall–Kier alpha value is -4.02. The lowest BCUT2D eigenvalue weighted by Crippen LogP contribution is -2.37. The van der Waals surface area contributed by atoms with Crippen LogP contribution in [0.15, 0.2) is 48.5 Å². The van der Waals surface area contributed by atoms with Crippen LogP contribution < -0.4 is 9.30 Å². The van der Waals surface area contributed by atoms with Crippen molar-refractivity contribution in [2.45, 2.75) is 26.8 Å². The molecule has 1 heterocycles. The topological polar surface area (TPSA) is 142 Å². The van der Waals surface area contributed by atoms with Crippen molar-refractivity contribution in [1.29, 1.82) is 0 Å². The van der Waals surface area contributed by atoms with Crippen molar-refractivity contribution in [1.82, 2.24) is 0 Å². The number of aromatic carboxylic acids is 2. The zero-order valence-corrected chi connectivity index (χ0v) is 21.3. The number of carboxylic acid groups (broad SMARTS) is 2. The summed E-state index contributed by atoms with van der Waals surface area (Å²) in [7, 11) is -2.71. The van der Waals surface area contributed by atoms with Gasteiger partial charge in [0.25, 0.3) is 10.1 Å². The zero-order chi connectivity index (χ0) is 27.1. The Morgan fingerprint density at radius 1 is 0.919 bits per heavy atom. The SMILES string of the molecule is COc1ccc2c(c1-c1c(C)cc(C(=O)O)cc1C)c(C(=O)O)c1ccccc1[n+]2CCCS(=O)(=O)O. The van der Waals surface area contributed by atoms with Crippen molar-refractivity contribution in [3.63, 3.8) is 0 Å². The van der Waals surface area contributed by atoms with Crippen LogP contribution in [0, 0.1) is 13.8 Å². The molecular weight excluding hydrogens is 498 g/mol. The van der Waals surface area contributed by atoms with Gasteiger partial charge in [0, 0.05) is 24.1 Å². The van der Waals surface area contributed by atoms with Gasteiger partial charge in [-0.2, -0.15) is 13.0 Å². The van der Waals surface area contributed by atoms with Gasteiger partial charge in [0.15, 0.2) is 6.54 Å². The lowest BCUT2D eigenvalue weighted by atomic mass is 9.88. The summed E-state index contributed by atoms with van der Waals surface area (Å²) in [5.41, 5.74) is 3.69. The molecule has 0 bridgehead atoms. The van der Waals surface area contributed by atoms with Crippen LogP contribution in [0.1, 0.15) is 38.3 Å². The van der Waals surface area contributed by atoms with E-state index in [0.717, 1.165) is 0 Å². The first-order valence-corrected chi connectivity index (χ1v) is 13.0. The van der Waals surface area contributed by atoms with E-state index in [1.165, 1.54) is 19.2 Å². The third-order valence-electron chi connectivity index (χ3n) is 6.40. The average molecular weight is 525 g/mol. The molecule has 192 valence electrons. The van der Waals surface area contributed by atoms with Gasteiger partial charge in [-0.3, -0.25) is 4.55 Å². The standard InChI is InChI=1S/C27H25NO8S/c1-15-13-17(26(29)30)14-16(2)22(15)25-21(36-3)10-9-20-24(25)23(27(31)32)18-7-4-5-8-19(18)28(20)11-6-12-37(33,34)35/h4-5,7-10,13-14H,6,11-12H2,1-3H3,(H2-,29,30,31,32,33,34,35)/p+1. The van der Waals surface area contributed by atoms with E-state index in [-0.39, 0.29) is 24.1 Å². The fourth-order valence-electron chi connectivity index (χ4n) is 5.00. The van der Waals surface area contributed by atoms with E-state index in [1.54, 1.807) is 50.2 Å². The molecule has 0 saturated heterocycles. The van der Waals surface area contributed by atoms with Crippen molar-refractivity contribution in [2.75, 3.05) is 12.9 Å². The highest BCUT2D eigenvalue weighted by molar-refractivity contribution is 7.85. The molecule has 9 nitrogen and oxygen atoms in total. The number of carbonyl (C=O) groups is 2. The van der Waals surface area contributed by atoms with Crippen LogP contribution in [0.4, 0.5) is 0 Å². The molecular formula is C27H26NO8S+. The second-order valence-corrected chi connectivity index (χ2v) is 10.4. The predicted octanol–water partition coefficient (Wildman–Crippen LogP) is 4.25. The number of hydrogen-bond donors (Lipinski definition) is 3. The molecule has 0 fully saturated rings. The smallest absolute Gasteiger partial charge is 0.337 e. The number of ether oxygens (including phenoxy) is 1. The molecule has 0 amide bonds. The van der Waals surface area contributed by atoms with Crippen molar-refractivity contribution in [3.05, 3.63) is 70.8 Å². The summed E-state index contributed by atoms with van der Waals surface area (Å²) in [6, 6.07) is 13.4. The molecule has 0 unspecified atom stereocenters. The van der Waals surface area contributed by atoms with E-state index >= 15 is 0 Å². The first-order chi connectivity index (χ1) is 17.4. The van der Waals surface area contributed by atoms with Crippen molar-refractivity contribution < 1.29 is 42.1 Å². The second-order valence-electron chi connectivity index (χ2n) is 8.82. The summed E-state index contributed by atoms with van der Waals surface area (Å²) < 4.78 is 39.5. The summed E-state index contributed by atoms with van der Waals surface area (Å²) in [6.45, 7) is 3.71. The third-order valence-corrected chi connectivity index (χ3v) is 7.20. The largest absolute Gasteiger partial charge is 0.496 e. The minimum absolute atomic E-state index is 0.0478. The molecule has 4 aromatic rings. The van der Waals surface area contributed by atoms with Crippen molar-refractivity contribution in [2.24, 2.45) is 0 Å². The van der Waals surface area contributed by atoms with Crippen LogP contribution in [0.2, 0.25) is 0 Å². The number of fused-ring (bicyclic) bond motifs is 2. The molecule has 0 atom stereocenters. The number of pyridine rings is 1. The van der Waals surface area contributed by atoms with Gasteiger partial charge in [0.1, 0.15) is 5.75 Å². The van der Waals surface area contributed by atoms with Crippen LogP contribution in [0.3, 0.4) is 0 Å². The Morgan fingerprint density at radius 2 is 1.57 bits per heavy atom. The predicted molar refractivity (Wildman–Crippen MR) is 138 cm³/mol. The summed E-state index contributed by atoms with van der Waals surface area (Å²) in [5, 5.41) is 20.7. The maximum absolute atomic E-state index is 12.7. The third kappa shape index (κ3) is 4.85. The van der Waals surface area contributed by atoms with Crippen LogP contribution in [0.25, 0.3) is 32.9 Å². The monoisotopic (exact) mass is 524 g/mol. The molecule has 3 N–H and O–H groups in total. The number of benzene rings is 3. The molecule has 0 aliphatic heterocycles. The van der Waals surface area contributed by atoms with Gasteiger partial charge in [0.05, 0.1) is 34.8 Å². The Kier molecular flexibility index (Phi) is 6.90. The quantitative estimate of drug-likeness (QED) is 0.176. The van der Waals surface area contributed by atoms with Gasteiger partial charge in [-0.05, 0) is 54.8 Å². The zero-order valence-electron chi connectivity index (χ0n) is 20.5. The molecule has 0 spiro atoms. The van der Waals surface area contributed by atoms with Gasteiger partial charge in [-0.1, -0.05) is 12.1 Å². The Morgan fingerprint density at radius 3 is 2.14 bits per heavy atom. The molecule has 3 aromatic carbocycles.